The maximum atomic E-state index is 11.6. The second-order valence-corrected chi connectivity index (χ2v) is 5.15. The lowest BCUT2D eigenvalue weighted by molar-refractivity contribution is 0.100. The zero-order chi connectivity index (χ0) is 15.5. The van der Waals surface area contributed by atoms with Gasteiger partial charge in [0, 0.05) is 18.3 Å². The normalized spacial score (nSPS) is 10.8. The van der Waals surface area contributed by atoms with Crippen LogP contribution in [0.15, 0.2) is 48.8 Å². The summed E-state index contributed by atoms with van der Waals surface area (Å²) in [6.07, 6.45) is 4.42. The fourth-order valence-corrected chi connectivity index (χ4v) is 2.47. The number of nitrogens with zero attached hydrogens (tertiary/aromatic N) is 2. The summed E-state index contributed by atoms with van der Waals surface area (Å²) in [6.45, 7) is 2.84. The molecule has 0 unspecified atom stereocenters. The minimum atomic E-state index is -0.476. The lowest BCUT2D eigenvalue weighted by atomic mass is 10.1. The first-order chi connectivity index (χ1) is 10.7. The Labute approximate surface area is 128 Å². The number of nitrogens with one attached hydrogen (secondary N) is 1. The summed E-state index contributed by atoms with van der Waals surface area (Å²) in [7, 11) is 0. The van der Waals surface area contributed by atoms with Crippen molar-refractivity contribution in [2.45, 2.75) is 13.3 Å². The van der Waals surface area contributed by atoms with E-state index < -0.39 is 5.91 Å². The minimum absolute atomic E-state index is 0.415. The summed E-state index contributed by atoms with van der Waals surface area (Å²) < 4.78 is 1.77. The van der Waals surface area contributed by atoms with Gasteiger partial charge in [-0.25, -0.2) is 4.52 Å². The number of carbonyl (C=O) groups is 1. The Balaban J connectivity index is 2.16. The SMILES string of the molecule is CCCNc1c(C(N)=O)cnn2cc(-c3ccccc3)cc12. The average Bonchev–Trinajstić information content (AvgIpc) is 2.97. The molecule has 3 rings (SSSR count). The number of fused-ring (bicyclic) bond motifs is 1. The minimum Gasteiger partial charge on any atom is -0.383 e. The first-order valence-corrected chi connectivity index (χ1v) is 7.31. The number of benzene rings is 1. The number of anilines is 1. The standard InChI is InChI=1S/C17H18N4O/c1-2-8-19-16-14(17(18)22)10-20-21-11-13(9-15(16)21)12-6-4-3-5-7-12/h3-7,9-11,19H,2,8H2,1H3,(H2,18,22). The molecule has 2 aromatic heterocycles. The fraction of sp³-hybridized carbons (Fsp3) is 0.176. The highest BCUT2D eigenvalue weighted by Crippen LogP contribution is 2.28. The molecule has 0 atom stereocenters. The highest BCUT2D eigenvalue weighted by Gasteiger charge is 2.14. The van der Waals surface area contributed by atoms with Crippen LogP contribution < -0.4 is 11.1 Å². The Kier molecular flexibility index (Phi) is 3.78. The van der Waals surface area contributed by atoms with E-state index in [-0.39, 0.29) is 0 Å². The Hall–Kier alpha value is -2.82. The summed E-state index contributed by atoms with van der Waals surface area (Å²) in [5.74, 6) is -0.476. The van der Waals surface area contributed by atoms with Gasteiger partial charge < -0.3 is 11.1 Å². The zero-order valence-corrected chi connectivity index (χ0v) is 12.4. The Morgan fingerprint density at radius 2 is 2.05 bits per heavy atom. The predicted octanol–water partition coefficient (Wildman–Crippen LogP) is 2.92. The highest BCUT2D eigenvalue weighted by molar-refractivity contribution is 6.02. The second kappa shape index (κ2) is 5.89. The van der Waals surface area contributed by atoms with E-state index in [9.17, 15) is 4.79 Å². The van der Waals surface area contributed by atoms with E-state index in [0.717, 1.165) is 35.3 Å². The van der Waals surface area contributed by atoms with Crippen molar-refractivity contribution in [2.75, 3.05) is 11.9 Å². The quantitative estimate of drug-likeness (QED) is 0.760. The fourth-order valence-electron chi connectivity index (χ4n) is 2.47. The monoisotopic (exact) mass is 294 g/mol. The molecule has 22 heavy (non-hydrogen) atoms. The molecule has 0 fully saturated rings. The van der Waals surface area contributed by atoms with Gasteiger partial charge in [-0.1, -0.05) is 37.3 Å². The predicted molar refractivity (Wildman–Crippen MR) is 87.9 cm³/mol. The molecule has 0 radical (unpaired) electrons. The smallest absolute Gasteiger partial charge is 0.252 e. The highest BCUT2D eigenvalue weighted by atomic mass is 16.1. The summed E-state index contributed by atoms with van der Waals surface area (Å²) in [4.78, 5) is 11.6. The lowest BCUT2D eigenvalue weighted by Gasteiger charge is -2.10. The number of rotatable bonds is 5. The summed E-state index contributed by atoms with van der Waals surface area (Å²) in [6, 6.07) is 12.1. The number of primary amides is 1. The Bertz CT molecular complexity index is 808. The van der Waals surface area contributed by atoms with Crippen molar-refractivity contribution < 1.29 is 4.79 Å². The van der Waals surface area contributed by atoms with E-state index in [1.54, 1.807) is 4.52 Å². The molecular weight excluding hydrogens is 276 g/mol. The molecule has 5 heteroatoms. The maximum absolute atomic E-state index is 11.6. The largest absolute Gasteiger partial charge is 0.383 e. The summed E-state index contributed by atoms with van der Waals surface area (Å²) in [5.41, 5.74) is 9.63. The number of hydrogen-bond acceptors (Lipinski definition) is 3. The van der Waals surface area contributed by atoms with Gasteiger partial charge in [-0.15, -0.1) is 0 Å². The molecule has 2 heterocycles. The molecule has 0 spiro atoms. The molecule has 1 aromatic carbocycles. The molecule has 112 valence electrons. The van der Waals surface area contributed by atoms with E-state index >= 15 is 0 Å². The third kappa shape index (κ3) is 2.53. The number of nitrogens with two attached hydrogens (primary N) is 1. The van der Waals surface area contributed by atoms with Gasteiger partial charge in [-0.3, -0.25) is 4.79 Å². The van der Waals surface area contributed by atoms with Crippen molar-refractivity contribution in [1.29, 1.82) is 0 Å². The molecular formula is C17H18N4O. The van der Waals surface area contributed by atoms with Crippen LogP contribution in [0.3, 0.4) is 0 Å². The van der Waals surface area contributed by atoms with Crippen molar-refractivity contribution in [3.05, 3.63) is 54.4 Å². The number of hydrogen-bond donors (Lipinski definition) is 2. The first kappa shape index (κ1) is 14.1. The first-order valence-electron chi connectivity index (χ1n) is 7.31. The van der Waals surface area contributed by atoms with Crippen molar-refractivity contribution in [3.63, 3.8) is 0 Å². The van der Waals surface area contributed by atoms with Gasteiger partial charge in [-0.2, -0.15) is 5.10 Å². The van der Waals surface area contributed by atoms with Crippen LogP contribution in [-0.2, 0) is 0 Å². The van der Waals surface area contributed by atoms with Gasteiger partial charge in [0.15, 0.2) is 0 Å². The molecule has 0 aliphatic rings. The summed E-state index contributed by atoms with van der Waals surface area (Å²) >= 11 is 0. The van der Waals surface area contributed by atoms with Crippen LogP contribution in [-0.4, -0.2) is 22.1 Å². The maximum Gasteiger partial charge on any atom is 0.252 e. The van der Waals surface area contributed by atoms with Crippen LogP contribution in [0.25, 0.3) is 16.6 Å². The van der Waals surface area contributed by atoms with Gasteiger partial charge in [-0.05, 0) is 18.1 Å². The molecule has 0 bridgehead atoms. The van der Waals surface area contributed by atoms with Gasteiger partial charge in [0.1, 0.15) is 0 Å². The van der Waals surface area contributed by atoms with Crippen LogP contribution >= 0.6 is 0 Å². The van der Waals surface area contributed by atoms with Gasteiger partial charge in [0.05, 0.1) is 23.0 Å². The number of carbonyl (C=O) groups excluding carboxylic acids is 1. The van der Waals surface area contributed by atoms with Crippen molar-refractivity contribution in [3.8, 4) is 11.1 Å². The van der Waals surface area contributed by atoms with E-state index in [1.165, 1.54) is 6.20 Å². The Morgan fingerprint density at radius 1 is 1.27 bits per heavy atom. The summed E-state index contributed by atoms with van der Waals surface area (Å²) in [5, 5.41) is 7.58. The van der Waals surface area contributed by atoms with E-state index in [4.69, 9.17) is 5.73 Å². The van der Waals surface area contributed by atoms with Crippen molar-refractivity contribution in [2.24, 2.45) is 5.73 Å². The molecule has 3 aromatic rings. The molecule has 5 nitrogen and oxygen atoms in total. The van der Waals surface area contributed by atoms with E-state index in [0.29, 0.717) is 5.56 Å². The van der Waals surface area contributed by atoms with E-state index in [1.807, 2.05) is 42.6 Å². The van der Waals surface area contributed by atoms with Crippen molar-refractivity contribution >= 4 is 17.1 Å². The van der Waals surface area contributed by atoms with Gasteiger partial charge >= 0.3 is 0 Å². The van der Waals surface area contributed by atoms with Crippen LogP contribution in [0.5, 0.6) is 0 Å². The molecule has 1 amide bonds. The molecule has 0 aliphatic heterocycles. The van der Waals surface area contributed by atoms with Gasteiger partial charge in [0.2, 0.25) is 0 Å². The van der Waals surface area contributed by atoms with Crippen LogP contribution in [0.2, 0.25) is 0 Å². The molecule has 3 N–H and O–H groups in total. The molecule has 0 saturated heterocycles. The van der Waals surface area contributed by atoms with Crippen molar-refractivity contribution in [1.82, 2.24) is 9.61 Å². The third-order valence-electron chi connectivity index (χ3n) is 3.56. The molecule has 0 aliphatic carbocycles. The lowest BCUT2D eigenvalue weighted by Crippen LogP contribution is -2.16. The zero-order valence-electron chi connectivity index (χ0n) is 12.4. The van der Waals surface area contributed by atoms with Crippen LogP contribution in [0, 0.1) is 0 Å². The Morgan fingerprint density at radius 3 is 2.73 bits per heavy atom. The number of amides is 1. The topological polar surface area (TPSA) is 72.4 Å². The average molecular weight is 294 g/mol. The third-order valence-corrected chi connectivity index (χ3v) is 3.56. The van der Waals surface area contributed by atoms with Crippen LogP contribution in [0.4, 0.5) is 5.69 Å². The number of aromatic nitrogens is 2. The second-order valence-electron chi connectivity index (χ2n) is 5.15. The van der Waals surface area contributed by atoms with Crippen LogP contribution in [0.1, 0.15) is 23.7 Å². The van der Waals surface area contributed by atoms with Gasteiger partial charge in [0.25, 0.3) is 5.91 Å². The molecule has 0 saturated carbocycles. The van der Waals surface area contributed by atoms with E-state index in [2.05, 4.69) is 17.3 Å².